The van der Waals surface area contributed by atoms with Gasteiger partial charge in [-0.1, -0.05) is 12.1 Å². The number of carboxylic acid groups (broad SMARTS) is 1. The van der Waals surface area contributed by atoms with Crippen molar-refractivity contribution in [2.75, 3.05) is 5.32 Å². The zero-order chi connectivity index (χ0) is 25.6. The number of pyridine rings is 1. The van der Waals surface area contributed by atoms with E-state index in [4.69, 9.17) is 10.3 Å². The quantitative estimate of drug-likeness (QED) is 0.402. The summed E-state index contributed by atoms with van der Waals surface area (Å²) in [4.78, 5) is 22.3. The Kier molecular flexibility index (Phi) is 5.86. The predicted molar refractivity (Wildman–Crippen MR) is 137 cm³/mol. The first-order valence-corrected chi connectivity index (χ1v) is 12.2. The highest BCUT2D eigenvalue weighted by Crippen LogP contribution is 2.40. The molecule has 1 aliphatic rings. The third-order valence-corrected chi connectivity index (χ3v) is 7.57. The van der Waals surface area contributed by atoms with Gasteiger partial charge in [0.05, 0.1) is 23.5 Å². The van der Waals surface area contributed by atoms with Crippen LogP contribution in [0.1, 0.15) is 51.9 Å². The number of aliphatic imine (C=N–C) groups is 1. The normalized spacial score (nSPS) is 15.2. The molecule has 36 heavy (non-hydrogen) atoms. The summed E-state index contributed by atoms with van der Waals surface area (Å²) in [5.41, 5.74) is 5.65. The van der Waals surface area contributed by atoms with E-state index < -0.39 is 17.9 Å². The summed E-state index contributed by atoms with van der Waals surface area (Å²) in [5.74, 6) is -0.500. The highest BCUT2D eigenvalue weighted by Gasteiger charge is 2.36. The van der Waals surface area contributed by atoms with Crippen LogP contribution in [0.2, 0.25) is 0 Å². The average Bonchev–Trinajstić information content (AvgIpc) is 3.34. The van der Waals surface area contributed by atoms with Gasteiger partial charge in [-0.25, -0.2) is 4.98 Å². The number of fused-ring (bicyclic) bond motifs is 3. The maximum atomic E-state index is 12.0. The SMILES string of the molecule is Cc1sc2c(c1C)C(c1ccc(Nc3ccc(C#N)nc3)cc1)=N[C@@H](C(C)C(=O)O)c1nnc(C)n1-2. The molecule has 0 fully saturated rings. The number of aryl methyl sites for hydroxylation is 2. The van der Waals surface area contributed by atoms with E-state index in [9.17, 15) is 9.90 Å². The number of hydrogen-bond acceptors (Lipinski definition) is 8. The number of nitrogens with zero attached hydrogens (tertiary/aromatic N) is 6. The minimum Gasteiger partial charge on any atom is -0.481 e. The van der Waals surface area contributed by atoms with Crippen LogP contribution in [0.4, 0.5) is 11.4 Å². The fraction of sp³-hybridized carbons (Fsp3) is 0.231. The van der Waals surface area contributed by atoms with Crippen LogP contribution in [0, 0.1) is 38.0 Å². The maximum absolute atomic E-state index is 12.0. The lowest BCUT2D eigenvalue weighted by Gasteiger charge is -2.16. The van der Waals surface area contributed by atoms with Gasteiger partial charge in [0.15, 0.2) is 5.82 Å². The average molecular weight is 498 g/mol. The minimum atomic E-state index is -0.941. The molecule has 0 bridgehead atoms. The Bertz CT molecular complexity index is 1540. The highest BCUT2D eigenvalue weighted by molar-refractivity contribution is 7.15. The van der Waals surface area contributed by atoms with E-state index in [1.165, 1.54) is 0 Å². The van der Waals surface area contributed by atoms with Gasteiger partial charge in [-0.05, 0) is 57.5 Å². The van der Waals surface area contributed by atoms with Crippen molar-refractivity contribution in [3.63, 3.8) is 0 Å². The third-order valence-electron chi connectivity index (χ3n) is 6.38. The summed E-state index contributed by atoms with van der Waals surface area (Å²) < 4.78 is 1.95. The monoisotopic (exact) mass is 497 g/mol. The zero-order valence-electron chi connectivity index (χ0n) is 20.1. The van der Waals surface area contributed by atoms with Crippen molar-refractivity contribution in [1.82, 2.24) is 19.7 Å². The van der Waals surface area contributed by atoms with E-state index in [2.05, 4.69) is 34.3 Å². The number of carbonyl (C=O) groups is 1. The Morgan fingerprint density at radius 2 is 1.86 bits per heavy atom. The van der Waals surface area contributed by atoms with E-state index in [-0.39, 0.29) is 0 Å². The maximum Gasteiger partial charge on any atom is 0.308 e. The molecule has 0 aliphatic carbocycles. The number of nitrogens with one attached hydrogen (secondary N) is 1. The summed E-state index contributed by atoms with van der Waals surface area (Å²) in [7, 11) is 0. The number of benzene rings is 1. The highest BCUT2D eigenvalue weighted by atomic mass is 32.1. The van der Waals surface area contributed by atoms with Crippen LogP contribution in [-0.2, 0) is 4.79 Å². The van der Waals surface area contributed by atoms with Gasteiger partial charge in [0.1, 0.15) is 28.6 Å². The molecular weight excluding hydrogens is 474 g/mol. The van der Waals surface area contributed by atoms with E-state index in [0.717, 1.165) is 43.7 Å². The number of anilines is 2. The fourth-order valence-electron chi connectivity index (χ4n) is 4.23. The van der Waals surface area contributed by atoms with Crippen molar-refractivity contribution in [1.29, 1.82) is 5.26 Å². The number of thiophene rings is 1. The smallest absolute Gasteiger partial charge is 0.308 e. The van der Waals surface area contributed by atoms with Crippen LogP contribution < -0.4 is 5.32 Å². The van der Waals surface area contributed by atoms with Crippen LogP contribution in [0.25, 0.3) is 5.00 Å². The molecule has 4 aromatic rings. The molecule has 5 rings (SSSR count). The van der Waals surface area contributed by atoms with Crippen molar-refractivity contribution in [3.8, 4) is 11.1 Å². The molecule has 0 spiro atoms. The Labute approximate surface area is 211 Å². The molecule has 10 heteroatoms. The molecule has 0 radical (unpaired) electrons. The molecule has 4 heterocycles. The first-order chi connectivity index (χ1) is 17.3. The molecule has 2 atom stereocenters. The Morgan fingerprint density at radius 3 is 2.50 bits per heavy atom. The zero-order valence-corrected chi connectivity index (χ0v) is 21.0. The first-order valence-electron chi connectivity index (χ1n) is 11.3. The molecule has 0 saturated carbocycles. The molecule has 3 aromatic heterocycles. The minimum absolute atomic E-state index is 0.357. The predicted octanol–water partition coefficient (Wildman–Crippen LogP) is 4.88. The summed E-state index contributed by atoms with van der Waals surface area (Å²) in [6.45, 7) is 7.66. The number of aliphatic carboxylic acids is 1. The van der Waals surface area contributed by atoms with Crippen LogP contribution >= 0.6 is 11.3 Å². The van der Waals surface area contributed by atoms with Gasteiger partial charge >= 0.3 is 5.97 Å². The van der Waals surface area contributed by atoms with Gasteiger partial charge in [-0.15, -0.1) is 21.5 Å². The molecular formula is C26H23N7O2S. The second-order valence-electron chi connectivity index (χ2n) is 8.70. The van der Waals surface area contributed by atoms with Gasteiger partial charge in [0, 0.05) is 21.7 Å². The van der Waals surface area contributed by atoms with Crippen molar-refractivity contribution >= 4 is 34.4 Å². The fourth-order valence-corrected chi connectivity index (χ4v) is 5.44. The van der Waals surface area contributed by atoms with Crippen LogP contribution in [-0.4, -0.2) is 36.5 Å². The van der Waals surface area contributed by atoms with Crippen molar-refractivity contribution < 1.29 is 9.90 Å². The van der Waals surface area contributed by atoms with Gasteiger partial charge in [-0.3, -0.25) is 14.4 Å². The molecule has 0 saturated heterocycles. The number of rotatable bonds is 5. The van der Waals surface area contributed by atoms with Crippen LogP contribution in [0.5, 0.6) is 0 Å². The Morgan fingerprint density at radius 1 is 1.14 bits per heavy atom. The first kappa shape index (κ1) is 23.4. The van der Waals surface area contributed by atoms with Gasteiger partial charge in [0.2, 0.25) is 0 Å². The lowest BCUT2D eigenvalue weighted by Crippen LogP contribution is -2.21. The lowest BCUT2D eigenvalue weighted by atomic mass is 9.98. The summed E-state index contributed by atoms with van der Waals surface area (Å²) in [6.07, 6.45) is 1.61. The standard InChI is InChI=1S/C26H23N7O2S/c1-13-15(3)36-25-21(13)23(30-22(14(2)26(34)35)24-32-31-16(4)33(24)25)17-5-7-18(8-6-17)29-20-10-9-19(11-27)28-12-20/h5-10,12,14,22,29H,1-4H3,(H,34,35)/t14?,22-/m0/s1. The van der Waals surface area contributed by atoms with Gasteiger partial charge in [0.25, 0.3) is 0 Å². The Balaban J connectivity index is 1.60. The van der Waals surface area contributed by atoms with E-state index >= 15 is 0 Å². The van der Waals surface area contributed by atoms with Crippen molar-refractivity contribution in [2.45, 2.75) is 33.7 Å². The number of aromatic nitrogens is 4. The number of hydrogen-bond donors (Lipinski definition) is 2. The van der Waals surface area contributed by atoms with Gasteiger partial charge in [-0.2, -0.15) is 5.26 Å². The largest absolute Gasteiger partial charge is 0.481 e. The Hall–Kier alpha value is -4.36. The van der Waals surface area contributed by atoms with Crippen molar-refractivity contribution in [2.24, 2.45) is 10.9 Å². The van der Waals surface area contributed by atoms with E-state index in [0.29, 0.717) is 17.3 Å². The second-order valence-corrected chi connectivity index (χ2v) is 9.90. The molecule has 1 aromatic carbocycles. The molecule has 1 aliphatic heterocycles. The number of nitriles is 1. The van der Waals surface area contributed by atoms with Crippen LogP contribution in [0.15, 0.2) is 47.6 Å². The molecule has 9 nitrogen and oxygen atoms in total. The second kappa shape index (κ2) is 9.02. The van der Waals surface area contributed by atoms with E-state index in [1.54, 1.807) is 36.6 Å². The summed E-state index contributed by atoms with van der Waals surface area (Å²) in [6, 6.07) is 12.6. The van der Waals surface area contributed by atoms with E-state index in [1.807, 2.05) is 41.8 Å². The summed E-state index contributed by atoms with van der Waals surface area (Å²) in [5, 5.41) is 31.6. The topological polar surface area (TPSA) is 129 Å². The number of carboxylic acids is 1. The molecule has 0 amide bonds. The summed E-state index contributed by atoms with van der Waals surface area (Å²) >= 11 is 1.63. The van der Waals surface area contributed by atoms with Crippen molar-refractivity contribution in [3.05, 3.63) is 81.5 Å². The third kappa shape index (κ3) is 3.93. The molecule has 2 N–H and O–H groups in total. The van der Waals surface area contributed by atoms with Gasteiger partial charge < -0.3 is 10.4 Å². The molecule has 180 valence electrons. The molecule has 1 unspecified atom stereocenters. The lowest BCUT2D eigenvalue weighted by molar-refractivity contribution is -0.141. The van der Waals surface area contributed by atoms with Crippen LogP contribution in [0.3, 0.4) is 0 Å².